The Kier molecular flexibility index (Phi) is 38.8. The second-order valence-electron chi connectivity index (χ2n) is 16.5. The maximum atomic E-state index is 11.0. The molecule has 0 amide bonds. The first-order valence-corrected chi connectivity index (χ1v) is 23.3. The van der Waals surface area contributed by atoms with E-state index in [9.17, 15) is 30.0 Å². The summed E-state index contributed by atoms with van der Waals surface area (Å²) in [5.41, 5.74) is 2.06. The molecule has 2 unspecified atom stereocenters. The molecule has 9 heteroatoms. The first-order valence-electron chi connectivity index (χ1n) is 23.3. The van der Waals surface area contributed by atoms with Crippen LogP contribution in [0.25, 0.3) is 0 Å². The van der Waals surface area contributed by atoms with Gasteiger partial charge in [-0.25, -0.2) is 0 Å². The van der Waals surface area contributed by atoms with Crippen LogP contribution < -0.4 is 10.2 Å². The van der Waals surface area contributed by atoms with Crippen molar-refractivity contribution in [2.24, 2.45) is 0 Å². The molecule has 2 aromatic carbocycles. The molecule has 2 atom stereocenters. The van der Waals surface area contributed by atoms with Crippen molar-refractivity contribution in [2.75, 3.05) is 0 Å². The average molecular weight is 949 g/mol. The van der Waals surface area contributed by atoms with E-state index < -0.39 is 23.5 Å². The monoisotopic (exact) mass is 949 g/mol. The van der Waals surface area contributed by atoms with Crippen LogP contribution in [-0.4, -0.2) is 82.6 Å². The third kappa shape index (κ3) is 36.0. The van der Waals surface area contributed by atoms with E-state index >= 15 is 0 Å². The molecule has 0 fully saturated rings. The summed E-state index contributed by atoms with van der Waals surface area (Å²) in [5, 5.41) is 43.2. The van der Waals surface area contributed by atoms with Gasteiger partial charge in [-0.05, 0) is 62.5 Å². The standard InChI is InChI=1S/2C25H42O4.Ba/c2*1-2-3-4-5-6-7-8-9-10-15-20-25(28,21-16-14-19-24(26)27)29-22-23-17-12-11-13-18-23;/h2*11-13,17-18,28H,2-10,14-16,19-22H2,1H3,(H,26,27);/q;;+2/p-2. The molecule has 0 saturated carbocycles. The second kappa shape index (κ2) is 39.6. The Hall–Kier alpha value is -1.21. The van der Waals surface area contributed by atoms with Gasteiger partial charge >= 0.3 is 48.9 Å². The van der Waals surface area contributed by atoms with Crippen LogP contribution in [-0.2, 0) is 32.3 Å². The molecule has 332 valence electrons. The number of rotatable bonds is 38. The van der Waals surface area contributed by atoms with E-state index in [1.807, 2.05) is 60.7 Å². The number of carbonyl (C=O) groups is 2. The van der Waals surface area contributed by atoms with E-state index in [-0.39, 0.29) is 61.7 Å². The van der Waals surface area contributed by atoms with Crippen LogP contribution in [0.15, 0.2) is 60.7 Å². The van der Waals surface area contributed by atoms with Gasteiger partial charge in [0.1, 0.15) is 0 Å². The molecule has 2 N–H and O–H groups in total. The number of ether oxygens (including phenoxy) is 2. The number of carbonyl (C=O) groups excluding carboxylic acids is 2. The fourth-order valence-electron chi connectivity index (χ4n) is 7.24. The fraction of sp³-hybridized carbons (Fsp3) is 0.720. The molecule has 8 nitrogen and oxygen atoms in total. The Bertz CT molecular complexity index is 1140. The van der Waals surface area contributed by atoms with Crippen molar-refractivity contribution in [3.05, 3.63) is 71.8 Å². The Morgan fingerprint density at radius 1 is 0.441 bits per heavy atom. The van der Waals surface area contributed by atoms with Crippen molar-refractivity contribution in [3.8, 4) is 0 Å². The average Bonchev–Trinajstić information content (AvgIpc) is 3.22. The molecule has 0 heterocycles. The maximum absolute atomic E-state index is 11.0. The maximum Gasteiger partial charge on any atom is 2.00 e. The quantitative estimate of drug-likeness (QED) is 0.0385. The van der Waals surface area contributed by atoms with Crippen molar-refractivity contribution in [1.82, 2.24) is 0 Å². The summed E-state index contributed by atoms with van der Waals surface area (Å²) < 4.78 is 11.8. The number of hydrogen-bond acceptors (Lipinski definition) is 8. The van der Waals surface area contributed by atoms with Crippen LogP contribution in [0.5, 0.6) is 0 Å². The Morgan fingerprint density at radius 3 is 0.966 bits per heavy atom. The van der Waals surface area contributed by atoms with Crippen LogP contribution in [0.3, 0.4) is 0 Å². The molecule has 2 aromatic rings. The minimum Gasteiger partial charge on any atom is -0.550 e. The molecule has 2 rings (SSSR count). The number of benzene rings is 2. The third-order valence-electron chi connectivity index (χ3n) is 10.9. The van der Waals surface area contributed by atoms with Gasteiger partial charge < -0.3 is 39.5 Å². The van der Waals surface area contributed by atoms with Crippen LogP contribution >= 0.6 is 0 Å². The molecule has 0 bridgehead atoms. The summed E-state index contributed by atoms with van der Waals surface area (Å²) in [6, 6.07) is 19.7. The van der Waals surface area contributed by atoms with Gasteiger partial charge in [-0.3, -0.25) is 0 Å². The largest absolute Gasteiger partial charge is 2.00 e. The topological polar surface area (TPSA) is 139 Å². The van der Waals surface area contributed by atoms with Gasteiger partial charge in [0.05, 0.1) is 13.2 Å². The van der Waals surface area contributed by atoms with Gasteiger partial charge in [-0.2, -0.15) is 0 Å². The summed E-state index contributed by atoms with van der Waals surface area (Å²) in [7, 11) is 0. The summed E-state index contributed by atoms with van der Waals surface area (Å²) >= 11 is 0. The molecule has 0 radical (unpaired) electrons. The smallest absolute Gasteiger partial charge is 0.550 e. The van der Waals surface area contributed by atoms with Crippen molar-refractivity contribution in [3.63, 3.8) is 0 Å². The van der Waals surface area contributed by atoms with Crippen molar-refractivity contribution < 1.29 is 39.5 Å². The van der Waals surface area contributed by atoms with E-state index in [4.69, 9.17) is 9.47 Å². The summed E-state index contributed by atoms with van der Waals surface area (Å²) in [6.07, 6.45) is 29.5. The van der Waals surface area contributed by atoms with Gasteiger partial charge in [0.2, 0.25) is 0 Å². The van der Waals surface area contributed by atoms with E-state index in [1.165, 1.54) is 103 Å². The first kappa shape index (κ1) is 57.8. The summed E-state index contributed by atoms with van der Waals surface area (Å²) in [4.78, 5) is 21.2. The zero-order valence-corrected chi connectivity index (χ0v) is 41.9. The van der Waals surface area contributed by atoms with Crippen molar-refractivity contribution in [1.29, 1.82) is 0 Å². The zero-order chi connectivity index (χ0) is 42.4. The van der Waals surface area contributed by atoms with E-state index in [1.54, 1.807) is 0 Å². The third-order valence-corrected chi connectivity index (χ3v) is 10.9. The number of carboxylic acids is 2. The Labute approximate surface area is 400 Å². The molecule has 0 spiro atoms. The fourth-order valence-corrected chi connectivity index (χ4v) is 7.24. The number of unbranched alkanes of at least 4 members (excludes halogenated alkanes) is 20. The molecule has 59 heavy (non-hydrogen) atoms. The van der Waals surface area contributed by atoms with Crippen molar-refractivity contribution >= 4 is 60.8 Å². The van der Waals surface area contributed by atoms with Crippen LogP contribution in [0.2, 0.25) is 0 Å². The number of aliphatic hydroxyl groups is 2. The van der Waals surface area contributed by atoms with E-state index in [0.717, 1.165) is 36.8 Å². The Morgan fingerprint density at radius 2 is 0.695 bits per heavy atom. The van der Waals surface area contributed by atoms with Crippen molar-refractivity contribution in [2.45, 2.75) is 231 Å². The van der Waals surface area contributed by atoms with Crippen LogP contribution in [0.4, 0.5) is 0 Å². The van der Waals surface area contributed by atoms with Crippen LogP contribution in [0, 0.1) is 0 Å². The normalized spacial score (nSPS) is 13.1. The number of carboxylic acid groups (broad SMARTS) is 2. The summed E-state index contributed by atoms with van der Waals surface area (Å²) in [6.45, 7) is 5.23. The predicted molar refractivity (Wildman–Crippen MR) is 238 cm³/mol. The SMILES string of the molecule is CCCCCCCCCCCCC(O)(CCCCC(=O)[O-])OCc1ccccc1.CCCCCCCCCCCCC(O)(CCCCC(=O)[O-])OCc1ccccc1.[Ba+2]. The van der Waals surface area contributed by atoms with E-state index in [0.29, 0.717) is 64.6 Å². The molecule has 0 saturated heterocycles. The molecule has 0 aliphatic heterocycles. The molecular weight excluding hydrogens is 866 g/mol. The Balaban J connectivity index is 0.00000112. The van der Waals surface area contributed by atoms with Gasteiger partial charge in [0, 0.05) is 37.6 Å². The van der Waals surface area contributed by atoms with E-state index in [2.05, 4.69) is 13.8 Å². The zero-order valence-electron chi connectivity index (χ0n) is 37.5. The molecule has 0 aliphatic carbocycles. The molecular formula is C50H82BaO8. The number of hydrogen-bond donors (Lipinski definition) is 2. The minimum absolute atomic E-state index is 0. The first-order chi connectivity index (χ1) is 28.1. The second-order valence-corrected chi connectivity index (χ2v) is 16.5. The predicted octanol–water partition coefficient (Wildman–Crippen LogP) is 10.6. The summed E-state index contributed by atoms with van der Waals surface area (Å²) in [5.74, 6) is -4.42. The van der Waals surface area contributed by atoms with Gasteiger partial charge in [-0.1, -0.05) is 190 Å². The minimum atomic E-state index is -1.18. The van der Waals surface area contributed by atoms with Gasteiger partial charge in [0.25, 0.3) is 0 Å². The number of aliphatic carboxylic acids is 2. The van der Waals surface area contributed by atoms with Gasteiger partial charge in [-0.15, -0.1) is 0 Å². The molecule has 0 aromatic heterocycles. The van der Waals surface area contributed by atoms with Gasteiger partial charge in [0.15, 0.2) is 11.6 Å². The van der Waals surface area contributed by atoms with Crippen LogP contribution in [0.1, 0.15) is 218 Å². The molecule has 0 aliphatic rings.